The molecule has 0 aromatic carbocycles. The van der Waals surface area contributed by atoms with E-state index in [2.05, 4.69) is 20.4 Å². The summed E-state index contributed by atoms with van der Waals surface area (Å²) >= 11 is 0. The maximum absolute atomic E-state index is 13.3. The van der Waals surface area contributed by atoms with Gasteiger partial charge >= 0.3 is 12.2 Å². The lowest BCUT2D eigenvalue weighted by Gasteiger charge is -2.60. The van der Waals surface area contributed by atoms with Crippen molar-refractivity contribution in [3.8, 4) is 17.0 Å². The van der Waals surface area contributed by atoms with Crippen LogP contribution in [0, 0.1) is 5.41 Å². The Hall–Kier alpha value is -4.68. The van der Waals surface area contributed by atoms with Gasteiger partial charge in [-0.2, -0.15) is 18.3 Å². The highest BCUT2D eigenvalue weighted by atomic mass is 19.4. The van der Waals surface area contributed by atoms with Crippen LogP contribution in [-0.2, 0) is 6.18 Å². The van der Waals surface area contributed by atoms with Crippen LogP contribution < -0.4 is 10.1 Å². The van der Waals surface area contributed by atoms with Crippen molar-refractivity contribution in [1.29, 1.82) is 0 Å². The number of carbonyl (C=O) groups is 2. The highest BCUT2D eigenvalue weighted by molar-refractivity contribution is 6.01. The molecule has 2 fully saturated rings. The fourth-order valence-electron chi connectivity index (χ4n) is 5.58. The van der Waals surface area contributed by atoms with Crippen LogP contribution in [0.2, 0.25) is 0 Å². The summed E-state index contributed by atoms with van der Waals surface area (Å²) in [6.45, 7) is 1.14. The van der Waals surface area contributed by atoms with E-state index in [9.17, 15) is 22.8 Å². The molecule has 13 heteroatoms. The number of pyridine rings is 3. The maximum atomic E-state index is 13.3. The minimum absolute atomic E-state index is 0.0210. The van der Waals surface area contributed by atoms with Crippen LogP contribution >= 0.6 is 0 Å². The Kier molecular flexibility index (Phi) is 6.31. The van der Waals surface area contributed by atoms with Gasteiger partial charge in [-0.15, -0.1) is 0 Å². The van der Waals surface area contributed by atoms with E-state index in [1.165, 1.54) is 11.1 Å². The standard InChI is InChI=1S/C28H26F3N7O3/c1-36(26(40)35-20-7-19(11-32-12-20)28(29,30)31)21-8-27(9-21)15-37(16-27)25(39)22-13-34-38-14-18(3-5-23(22)38)17-4-6-24(41-2)33-10-17/h3-7,10-14,21H,8-9,15-16H2,1-2H3,(H,35,40). The highest BCUT2D eigenvalue weighted by Crippen LogP contribution is 2.50. The molecule has 1 spiro atoms. The summed E-state index contributed by atoms with van der Waals surface area (Å²) in [7, 11) is 3.17. The van der Waals surface area contributed by atoms with E-state index < -0.39 is 17.8 Å². The van der Waals surface area contributed by atoms with Crippen molar-refractivity contribution in [2.24, 2.45) is 5.41 Å². The number of ether oxygens (including phenoxy) is 1. The van der Waals surface area contributed by atoms with Gasteiger partial charge in [0.2, 0.25) is 5.88 Å². The second-order valence-corrected chi connectivity index (χ2v) is 10.6. The van der Waals surface area contributed by atoms with E-state index >= 15 is 0 Å². The van der Waals surface area contributed by atoms with Gasteiger partial charge in [0.15, 0.2) is 0 Å². The third-order valence-corrected chi connectivity index (χ3v) is 7.89. The molecule has 0 unspecified atom stereocenters. The molecular weight excluding hydrogens is 539 g/mol. The first-order chi connectivity index (χ1) is 19.5. The van der Waals surface area contributed by atoms with Crippen LogP contribution in [0.5, 0.6) is 5.88 Å². The van der Waals surface area contributed by atoms with Gasteiger partial charge in [-0.05, 0) is 31.0 Å². The number of methoxy groups -OCH3 is 1. The van der Waals surface area contributed by atoms with Crippen molar-refractivity contribution in [2.45, 2.75) is 25.1 Å². The highest BCUT2D eigenvalue weighted by Gasteiger charge is 2.55. The zero-order valence-corrected chi connectivity index (χ0v) is 22.2. The number of fused-ring (bicyclic) bond motifs is 1. The monoisotopic (exact) mass is 565 g/mol. The third kappa shape index (κ3) is 4.92. The Balaban J connectivity index is 1.04. The quantitative estimate of drug-likeness (QED) is 0.380. The fraction of sp³-hybridized carbons (Fsp3) is 0.321. The number of amides is 3. The van der Waals surface area contributed by atoms with E-state index in [0.29, 0.717) is 49.1 Å². The summed E-state index contributed by atoms with van der Waals surface area (Å²) in [6, 6.07) is 7.73. The molecule has 4 aromatic rings. The molecule has 1 saturated heterocycles. The number of rotatable bonds is 5. The number of aromatic nitrogens is 4. The lowest BCUT2D eigenvalue weighted by atomic mass is 9.60. The first-order valence-corrected chi connectivity index (χ1v) is 12.9. The van der Waals surface area contributed by atoms with Gasteiger partial charge in [0.1, 0.15) is 0 Å². The largest absolute Gasteiger partial charge is 0.481 e. The van der Waals surface area contributed by atoms with Crippen LogP contribution in [0.15, 0.2) is 61.3 Å². The number of nitrogens with zero attached hydrogens (tertiary/aromatic N) is 6. The molecule has 212 valence electrons. The van der Waals surface area contributed by atoms with Crippen molar-refractivity contribution in [3.05, 3.63) is 72.4 Å². The Morgan fingerprint density at radius 1 is 1.07 bits per heavy atom. The topological polar surface area (TPSA) is 105 Å². The molecule has 4 aromatic heterocycles. The lowest BCUT2D eigenvalue weighted by Crippen LogP contribution is -2.67. The number of urea groups is 1. The van der Waals surface area contributed by atoms with E-state index in [1.54, 1.807) is 42.0 Å². The van der Waals surface area contributed by atoms with Crippen LogP contribution in [0.3, 0.4) is 0 Å². The summed E-state index contributed by atoms with van der Waals surface area (Å²) in [6.07, 6.45) is 3.88. The molecule has 10 nitrogen and oxygen atoms in total. The number of nitrogens with one attached hydrogen (secondary N) is 1. The fourth-order valence-corrected chi connectivity index (χ4v) is 5.58. The molecule has 1 saturated carbocycles. The predicted octanol–water partition coefficient (Wildman–Crippen LogP) is 4.59. The van der Waals surface area contributed by atoms with Crippen LogP contribution in [-0.4, -0.2) is 74.6 Å². The maximum Gasteiger partial charge on any atom is 0.417 e. The summed E-state index contributed by atoms with van der Waals surface area (Å²) in [5, 5.41) is 6.88. The second-order valence-electron chi connectivity index (χ2n) is 10.6. The van der Waals surface area contributed by atoms with Gasteiger partial charge in [-0.1, -0.05) is 6.07 Å². The van der Waals surface area contributed by atoms with E-state index in [0.717, 1.165) is 17.2 Å². The Morgan fingerprint density at radius 3 is 2.51 bits per heavy atom. The normalized spacial score (nSPS) is 16.3. The molecular formula is C28H26F3N7O3. The van der Waals surface area contributed by atoms with Crippen molar-refractivity contribution in [1.82, 2.24) is 29.4 Å². The minimum atomic E-state index is -4.55. The number of hydrogen-bond acceptors (Lipinski definition) is 6. The van der Waals surface area contributed by atoms with Crippen LogP contribution in [0.1, 0.15) is 28.8 Å². The molecule has 6 rings (SSSR count). The average molecular weight is 566 g/mol. The Labute approximate surface area is 232 Å². The van der Waals surface area contributed by atoms with Gasteiger partial charge < -0.3 is 19.9 Å². The van der Waals surface area contributed by atoms with Crippen molar-refractivity contribution < 1.29 is 27.5 Å². The number of alkyl halides is 3. The van der Waals surface area contributed by atoms with Gasteiger partial charge in [0.05, 0.1) is 41.8 Å². The summed E-state index contributed by atoms with van der Waals surface area (Å²) < 4.78 is 45.6. The van der Waals surface area contributed by atoms with Gasteiger partial charge in [0, 0.05) is 67.4 Å². The Bertz CT molecular complexity index is 1620. The smallest absolute Gasteiger partial charge is 0.417 e. The lowest BCUT2D eigenvalue weighted by molar-refractivity contribution is -0.137. The number of hydrogen-bond donors (Lipinski definition) is 1. The minimum Gasteiger partial charge on any atom is -0.481 e. The van der Waals surface area contributed by atoms with Crippen LogP contribution in [0.25, 0.3) is 16.6 Å². The molecule has 1 aliphatic heterocycles. The first-order valence-electron chi connectivity index (χ1n) is 12.9. The molecule has 0 atom stereocenters. The Morgan fingerprint density at radius 2 is 1.83 bits per heavy atom. The average Bonchev–Trinajstić information content (AvgIpc) is 3.34. The third-order valence-electron chi connectivity index (χ3n) is 7.89. The SMILES string of the molecule is COc1ccc(-c2ccc3c(C(=O)N4CC5(CC(N(C)C(=O)Nc6cncc(C(F)(F)F)c6)C5)C4)cnn3c2)cn1. The molecule has 1 N–H and O–H groups in total. The summed E-state index contributed by atoms with van der Waals surface area (Å²) in [5.41, 5.74) is 1.99. The van der Waals surface area contributed by atoms with Crippen LogP contribution in [0.4, 0.5) is 23.7 Å². The number of likely N-dealkylation sites (tertiary alicyclic amines) is 1. The first kappa shape index (κ1) is 26.5. The number of halogens is 3. The zero-order chi connectivity index (χ0) is 28.9. The molecule has 1 aliphatic carbocycles. The molecule has 3 amide bonds. The zero-order valence-electron chi connectivity index (χ0n) is 22.2. The van der Waals surface area contributed by atoms with Crippen molar-refractivity contribution >= 4 is 23.1 Å². The van der Waals surface area contributed by atoms with Gasteiger partial charge in [0.25, 0.3) is 5.91 Å². The molecule has 0 radical (unpaired) electrons. The van der Waals surface area contributed by atoms with E-state index in [4.69, 9.17) is 4.74 Å². The van der Waals surface area contributed by atoms with Crippen molar-refractivity contribution in [3.63, 3.8) is 0 Å². The van der Waals surface area contributed by atoms with E-state index in [1.807, 2.05) is 24.4 Å². The molecule has 41 heavy (non-hydrogen) atoms. The van der Waals surface area contributed by atoms with Gasteiger partial charge in [-0.25, -0.2) is 14.3 Å². The van der Waals surface area contributed by atoms with Gasteiger partial charge in [-0.3, -0.25) is 9.78 Å². The summed E-state index contributed by atoms with van der Waals surface area (Å²) in [5.74, 6) is 0.422. The predicted molar refractivity (Wildman–Crippen MR) is 142 cm³/mol. The number of anilines is 1. The van der Waals surface area contributed by atoms with E-state index in [-0.39, 0.29) is 23.1 Å². The van der Waals surface area contributed by atoms with Crippen molar-refractivity contribution in [2.75, 3.05) is 32.6 Å². The second kappa shape index (κ2) is 9.75. The number of carbonyl (C=O) groups excluding carboxylic acids is 2. The molecule has 0 bridgehead atoms. The molecule has 5 heterocycles. The molecule has 2 aliphatic rings. The summed E-state index contributed by atoms with van der Waals surface area (Å²) in [4.78, 5) is 37.0.